The lowest BCUT2D eigenvalue weighted by Crippen LogP contribution is -2.19. The standard InChI is InChI=1S/C15H18F2N2O4/c1-2-3-8(20)7-18-14-10-6-9(15-21-4-5-22-15)11(16)12(17)13(10)23-19-14/h6,8,15,20H,2-5,7H2,1H3,(H,18,19)/t8-/m0/s1. The number of aliphatic hydroxyl groups is 1. The van der Waals surface area contributed by atoms with Crippen LogP contribution in [0.3, 0.4) is 0 Å². The molecule has 1 aliphatic heterocycles. The first-order valence-corrected chi connectivity index (χ1v) is 7.54. The minimum Gasteiger partial charge on any atom is -0.391 e. The van der Waals surface area contributed by atoms with Gasteiger partial charge in [-0.05, 0) is 12.5 Å². The number of hydrogen-bond acceptors (Lipinski definition) is 6. The molecular formula is C15H18F2N2O4. The Kier molecular flexibility index (Phi) is 4.74. The molecule has 1 aromatic heterocycles. The first kappa shape index (κ1) is 16.1. The van der Waals surface area contributed by atoms with Gasteiger partial charge in [0.2, 0.25) is 11.4 Å². The number of aromatic nitrogens is 1. The first-order chi connectivity index (χ1) is 11.1. The van der Waals surface area contributed by atoms with Gasteiger partial charge in [-0.25, -0.2) is 4.39 Å². The van der Waals surface area contributed by atoms with E-state index in [4.69, 9.17) is 14.0 Å². The fourth-order valence-electron chi connectivity index (χ4n) is 2.52. The van der Waals surface area contributed by atoms with Crippen LogP contribution in [0.4, 0.5) is 14.6 Å². The number of rotatable bonds is 6. The van der Waals surface area contributed by atoms with Crippen LogP contribution in [0.2, 0.25) is 0 Å². The molecule has 0 radical (unpaired) electrons. The lowest BCUT2D eigenvalue weighted by molar-refractivity contribution is -0.0467. The van der Waals surface area contributed by atoms with Crippen LogP contribution in [-0.4, -0.2) is 36.1 Å². The molecule has 8 heteroatoms. The Morgan fingerprint density at radius 2 is 2.09 bits per heavy atom. The monoisotopic (exact) mass is 328 g/mol. The van der Waals surface area contributed by atoms with Crippen LogP contribution in [0.1, 0.15) is 31.6 Å². The van der Waals surface area contributed by atoms with Gasteiger partial charge >= 0.3 is 0 Å². The summed E-state index contributed by atoms with van der Waals surface area (Å²) in [7, 11) is 0. The van der Waals surface area contributed by atoms with Crippen LogP contribution in [-0.2, 0) is 9.47 Å². The van der Waals surface area contributed by atoms with Crippen LogP contribution < -0.4 is 5.32 Å². The van der Waals surface area contributed by atoms with Crippen molar-refractivity contribution in [3.63, 3.8) is 0 Å². The van der Waals surface area contributed by atoms with Crippen molar-refractivity contribution in [2.45, 2.75) is 32.2 Å². The minimum absolute atomic E-state index is 0.0344. The lowest BCUT2D eigenvalue weighted by Gasteiger charge is -2.12. The minimum atomic E-state index is -1.13. The van der Waals surface area contributed by atoms with Crippen molar-refractivity contribution in [3.8, 4) is 0 Å². The summed E-state index contributed by atoms with van der Waals surface area (Å²) in [6, 6.07) is 1.40. The smallest absolute Gasteiger partial charge is 0.207 e. The highest BCUT2D eigenvalue weighted by molar-refractivity contribution is 5.89. The molecule has 1 fully saturated rings. The normalized spacial score (nSPS) is 17.0. The molecule has 23 heavy (non-hydrogen) atoms. The molecule has 0 amide bonds. The summed E-state index contributed by atoms with van der Waals surface area (Å²) < 4.78 is 43.6. The van der Waals surface area contributed by atoms with Gasteiger partial charge in [-0.2, -0.15) is 4.39 Å². The van der Waals surface area contributed by atoms with E-state index in [2.05, 4.69) is 10.5 Å². The van der Waals surface area contributed by atoms with Crippen molar-refractivity contribution in [1.82, 2.24) is 5.16 Å². The third-order valence-corrected chi connectivity index (χ3v) is 3.68. The Bertz CT molecular complexity index is 686. The number of fused-ring (bicyclic) bond motifs is 1. The van der Waals surface area contributed by atoms with Crippen molar-refractivity contribution in [2.24, 2.45) is 0 Å². The Morgan fingerprint density at radius 3 is 2.78 bits per heavy atom. The van der Waals surface area contributed by atoms with E-state index in [0.717, 1.165) is 6.42 Å². The molecule has 1 atom stereocenters. The molecule has 2 aromatic rings. The van der Waals surface area contributed by atoms with E-state index in [0.29, 0.717) is 19.6 Å². The summed E-state index contributed by atoms with van der Waals surface area (Å²) >= 11 is 0. The van der Waals surface area contributed by atoms with Gasteiger partial charge in [-0.1, -0.05) is 18.5 Å². The van der Waals surface area contributed by atoms with E-state index in [1.807, 2.05) is 6.92 Å². The summed E-state index contributed by atoms with van der Waals surface area (Å²) in [5.74, 6) is -1.96. The predicted octanol–water partition coefficient (Wildman–Crippen LogP) is 2.72. The van der Waals surface area contributed by atoms with Crippen molar-refractivity contribution >= 4 is 16.8 Å². The average Bonchev–Trinajstić information content (AvgIpc) is 3.18. The highest BCUT2D eigenvalue weighted by Crippen LogP contribution is 2.34. The molecule has 3 rings (SSSR count). The Balaban J connectivity index is 1.91. The molecule has 0 aliphatic carbocycles. The third-order valence-electron chi connectivity index (χ3n) is 3.68. The van der Waals surface area contributed by atoms with E-state index < -0.39 is 24.0 Å². The molecule has 1 aliphatic rings. The van der Waals surface area contributed by atoms with Gasteiger partial charge in [0.05, 0.1) is 24.7 Å². The summed E-state index contributed by atoms with van der Waals surface area (Å²) in [5, 5.41) is 16.6. The number of nitrogens with one attached hydrogen (secondary N) is 1. The van der Waals surface area contributed by atoms with Crippen LogP contribution in [0.5, 0.6) is 0 Å². The molecule has 126 valence electrons. The average molecular weight is 328 g/mol. The molecule has 2 heterocycles. The van der Waals surface area contributed by atoms with E-state index >= 15 is 0 Å². The van der Waals surface area contributed by atoms with E-state index in [9.17, 15) is 13.9 Å². The van der Waals surface area contributed by atoms with Crippen LogP contribution in [0, 0.1) is 11.6 Å². The largest absolute Gasteiger partial charge is 0.391 e. The molecule has 1 saturated heterocycles. The molecule has 0 saturated carbocycles. The maximum Gasteiger partial charge on any atom is 0.207 e. The molecule has 6 nitrogen and oxygen atoms in total. The number of nitrogens with zero attached hydrogens (tertiary/aromatic N) is 1. The van der Waals surface area contributed by atoms with Crippen molar-refractivity contribution in [2.75, 3.05) is 25.1 Å². The number of ether oxygens (including phenoxy) is 2. The summed E-state index contributed by atoms with van der Waals surface area (Å²) in [5.41, 5.74) is -0.315. The predicted molar refractivity (Wildman–Crippen MR) is 78.0 cm³/mol. The van der Waals surface area contributed by atoms with Crippen LogP contribution in [0.25, 0.3) is 11.0 Å². The fourth-order valence-corrected chi connectivity index (χ4v) is 2.52. The second kappa shape index (κ2) is 6.77. The third kappa shape index (κ3) is 3.15. The van der Waals surface area contributed by atoms with Crippen molar-refractivity contribution in [1.29, 1.82) is 0 Å². The van der Waals surface area contributed by atoms with Gasteiger partial charge in [-0.3, -0.25) is 0 Å². The summed E-state index contributed by atoms with van der Waals surface area (Å²) in [6.45, 7) is 2.84. The van der Waals surface area contributed by atoms with E-state index in [-0.39, 0.29) is 28.9 Å². The van der Waals surface area contributed by atoms with Gasteiger partial charge in [0, 0.05) is 12.1 Å². The highest BCUT2D eigenvalue weighted by atomic mass is 19.2. The van der Waals surface area contributed by atoms with Crippen LogP contribution in [0.15, 0.2) is 10.6 Å². The maximum atomic E-state index is 14.1. The fraction of sp³-hybridized carbons (Fsp3) is 0.533. The lowest BCUT2D eigenvalue weighted by atomic mass is 10.1. The number of benzene rings is 1. The molecule has 0 spiro atoms. The van der Waals surface area contributed by atoms with Gasteiger partial charge in [-0.15, -0.1) is 0 Å². The molecule has 1 aromatic carbocycles. The molecule has 2 N–H and O–H groups in total. The summed E-state index contributed by atoms with van der Waals surface area (Å²) in [6.07, 6.45) is -0.0378. The van der Waals surface area contributed by atoms with Crippen LogP contribution >= 0.6 is 0 Å². The highest BCUT2D eigenvalue weighted by Gasteiger charge is 2.28. The van der Waals surface area contributed by atoms with Crippen molar-refractivity contribution < 1.29 is 27.9 Å². The Morgan fingerprint density at radius 1 is 1.35 bits per heavy atom. The Hall–Kier alpha value is -1.77. The van der Waals surface area contributed by atoms with E-state index in [1.165, 1.54) is 6.07 Å². The molecular weight excluding hydrogens is 310 g/mol. The first-order valence-electron chi connectivity index (χ1n) is 7.54. The molecule has 0 bridgehead atoms. The maximum absolute atomic E-state index is 14.1. The zero-order chi connectivity index (χ0) is 16.4. The zero-order valence-corrected chi connectivity index (χ0v) is 12.6. The number of aliphatic hydroxyl groups excluding tert-OH is 1. The van der Waals surface area contributed by atoms with Gasteiger partial charge in [0.1, 0.15) is 0 Å². The van der Waals surface area contributed by atoms with Gasteiger partial charge in [0.25, 0.3) is 0 Å². The number of anilines is 1. The summed E-state index contributed by atoms with van der Waals surface area (Å²) in [4.78, 5) is 0. The molecule has 0 unspecified atom stereocenters. The number of halogens is 2. The number of hydrogen-bond donors (Lipinski definition) is 2. The SMILES string of the molecule is CCC[C@H](O)CNc1noc2c(F)c(F)c(C3OCCO3)cc12. The zero-order valence-electron chi connectivity index (χ0n) is 12.6. The second-order valence-electron chi connectivity index (χ2n) is 5.40. The Labute approximate surface area is 131 Å². The van der Waals surface area contributed by atoms with Gasteiger partial charge in [0.15, 0.2) is 17.9 Å². The topological polar surface area (TPSA) is 76.8 Å². The quantitative estimate of drug-likeness (QED) is 0.849. The van der Waals surface area contributed by atoms with Crippen molar-refractivity contribution in [3.05, 3.63) is 23.3 Å². The second-order valence-corrected chi connectivity index (χ2v) is 5.40. The van der Waals surface area contributed by atoms with E-state index in [1.54, 1.807) is 0 Å². The van der Waals surface area contributed by atoms with Gasteiger partial charge < -0.3 is 24.4 Å².